The highest BCUT2D eigenvalue weighted by atomic mass is 14.8. The van der Waals surface area contributed by atoms with Gasteiger partial charge in [0.2, 0.25) is 0 Å². The van der Waals surface area contributed by atoms with Crippen molar-refractivity contribution >= 4 is 5.71 Å². The minimum atomic E-state index is 0.311. The first-order valence-electron chi connectivity index (χ1n) is 4.68. The average Bonchev–Trinajstić information content (AvgIpc) is 2.17. The highest BCUT2D eigenvalue weighted by Gasteiger charge is 1.98. The number of hydrogen-bond acceptors (Lipinski definition) is 2. The molecule has 0 radical (unpaired) electrons. The van der Waals surface area contributed by atoms with Crippen LogP contribution in [-0.4, -0.2) is 11.8 Å². The molecule has 0 aromatic heterocycles. The molecule has 72 valence electrons. The number of aliphatic imine (C=N–C) groups is 1. The van der Waals surface area contributed by atoms with Gasteiger partial charge < -0.3 is 0 Å². The summed E-state index contributed by atoms with van der Waals surface area (Å²) in [6.07, 6.45) is 0. The van der Waals surface area contributed by atoms with E-state index in [1.165, 1.54) is 0 Å². The Morgan fingerprint density at radius 2 is 1.86 bits per heavy atom. The van der Waals surface area contributed by atoms with Gasteiger partial charge in [0.25, 0.3) is 0 Å². The number of benzene rings is 1. The molecular formula is C12H14N2. The minimum Gasteiger partial charge on any atom is -0.287 e. The van der Waals surface area contributed by atoms with Crippen LogP contribution >= 0.6 is 0 Å². The van der Waals surface area contributed by atoms with Crippen LogP contribution in [0.2, 0.25) is 0 Å². The molecule has 1 rings (SSSR count). The SMILES string of the molecule is C/C(=N\C(C)C)c1ccc(C#N)cc1. The van der Waals surface area contributed by atoms with Crippen LogP contribution in [0.25, 0.3) is 0 Å². The second-order valence-corrected chi connectivity index (χ2v) is 3.50. The molecule has 0 unspecified atom stereocenters. The molecule has 0 bridgehead atoms. The number of hydrogen-bond donors (Lipinski definition) is 0. The van der Waals surface area contributed by atoms with Gasteiger partial charge in [0.05, 0.1) is 11.6 Å². The van der Waals surface area contributed by atoms with Crippen LogP contribution in [0.4, 0.5) is 0 Å². The summed E-state index contributed by atoms with van der Waals surface area (Å²) in [6.45, 7) is 6.08. The molecule has 14 heavy (non-hydrogen) atoms. The van der Waals surface area contributed by atoms with Crippen molar-refractivity contribution in [1.29, 1.82) is 5.26 Å². The Morgan fingerprint density at radius 1 is 1.29 bits per heavy atom. The molecule has 0 saturated carbocycles. The van der Waals surface area contributed by atoms with Gasteiger partial charge in [-0.25, -0.2) is 0 Å². The molecule has 0 aliphatic rings. The molecule has 0 saturated heterocycles. The van der Waals surface area contributed by atoms with E-state index in [2.05, 4.69) is 11.1 Å². The van der Waals surface area contributed by atoms with Crippen LogP contribution in [0, 0.1) is 11.3 Å². The second kappa shape index (κ2) is 4.57. The molecule has 0 heterocycles. The summed E-state index contributed by atoms with van der Waals surface area (Å²) >= 11 is 0. The Kier molecular flexibility index (Phi) is 3.41. The zero-order chi connectivity index (χ0) is 10.6. The van der Waals surface area contributed by atoms with Gasteiger partial charge in [-0.15, -0.1) is 0 Å². The summed E-state index contributed by atoms with van der Waals surface area (Å²) in [4.78, 5) is 4.44. The van der Waals surface area contributed by atoms with Gasteiger partial charge in [-0.1, -0.05) is 12.1 Å². The lowest BCUT2D eigenvalue weighted by molar-refractivity contribution is 0.835. The van der Waals surface area contributed by atoms with Gasteiger partial charge in [-0.3, -0.25) is 4.99 Å². The summed E-state index contributed by atoms with van der Waals surface area (Å²) < 4.78 is 0. The third-order valence-electron chi connectivity index (χ3n) is 1.88. The first-order chi connectivity index (χ1) is 6.63. The molecule has 2 heteroatoms. The van der Waals surface area contributed by atoms with E-state index >= 15 is 0 Å². The second-order valence-electron chi connectivity index (χ2n) is 3.50. The highest BCUT2D eigenvalue weighted by molar-refractivity contribution is 5.98. The van der Waals surface area contributed by atoms with Crippen LogP contribution in [-0.2, 0) is 0 Å². The van der Waals surface area contributed by atoms with E-state index in [0.29, 0.717) is 11.6 Å². The summed E-state index contributed by atoms with van der Waals surface area (Å²) in [5.74, 6) is 0. The van der Waals surface area contributed by atoms with E-state index in [1.807, 2.05) is 45.0 Å². The predicted octanol–water partition coefficient (Wildman–Crippen LogP) is 2.78. The molecule has 2 nitrogen and oxygen atoms in total. The van der Waals surface area contributed by atoms with E-state index < -0.39 is 0 Å². The summed E-state index contributed by atoms with van der Waals surface area (Å²) in [5.41, 5.74) is 2.79. The van der Waals surface area contributed by atoms with Crippen LogP contribution in [0.1, 0.15) is 31.9 Å². The molecule has 0 amide bonds. The number of nitriles is 1. The topological polar surface area (TPSA) is 36.1 Å². The zero-order valence-electron chi connectivity index (χ0n) is 8.78. The fraction of sp³-hybridized carbons (Fsp3) is 0.333. The van der Waals surface area contributed by atoms with Crippen molar-refractivity contribution in [3.63, 3.8) is 0 Å². The van der Waals surface area contributed by atoms with E-state index in [1.54, 1.807) is 0 Å². The van der Waals surface area contributed by atoms with Gasteiger partial charge in [0.15, 0.2) is 0 Å². The molecule has 0 aliphatic carbocycles. The fourth-order valence-corrected chi connectivity index (χ4v) is 1.25. The standard InChI is InChI=1S/C12H14N2/c1-9(2)14-10(3)12-6-4-11(8-13)5-7-12/h4-7,9H,1-3H3/b14-10+. The quantitative estimate of drug-likeness (QED) is 0.654. The maximum absolute atomic E-state index is 8.63. The molecule has 1 aromatic rings. The van der Waals surface area contributed by atoms with Gasteiger partial charge in [-0.05, 0) is 38.5 Å². The van der Waals surface area contributed by atoms with Crippen molar-refractivity contribution in [2.24, 2.45) is 4.99 Å². The van der Waals surface area contributed by atoms with E-state index in [0.717, 1.165) is 11.3 Å². The van der Waals surface area contributed by atoms with Crippen LogP contribution < -0.4 is 0 Å². The summed E-state index contributed by atoms with van der Waals surface area (Å²) in [7, 11) is 0. The Labute approximate surface area is 84.9 Å². The summed E-state index contributed by atoms with van der Waals surface area (Å²) in [6, 6.07) is 9.89. The van der Waals surface area contributed by atoms with Gasteiger partial charge >= 0.3 is 0 Å². The normalized spacial score (nSPS) is 11.5. The third-order valence-corrected chi connectivity index (χ3v) is 1.88. The first-order valence-corrected chi connectivity index (χ1v) is 4.68. The molecule has 0 aliphatic heterocycles. The average molecular weight is 186 g/mol. The van der Waals surface area contributed by atoms with E-state index in [9.17, 15) is 0 Å². The predicted molar refractivity (Wildman–Crippen MR) is 58.5 cm³/mol. The van der Waals surface area contributed by atoms with Crippen molar-refractivity contribution in [3.8, 4) is 6.07 Å². The van der Waals surface area contributed by atoms with Crippen LogP contribution in [0.15, 0.2) is 29.3 Å². The highest BCUT2D eigenvalue weighted by Crippen LogP contribution is 2.05. The largest absolute Gasteiger partial charge is 0.287 e. The van der Waals surface area contributed by atoms with E-state index in [4.69, 9.17) is 5.26 Å². The minimum absolute atomic E-state index is 0.311. The maximum atomic E-state index is 8.63. The van der Waals surface area contributed by atoms with E-state index in [-0.39, 0.29) is 0 Å². The van der Waals surface area contributed by atoms with Crippen molar-refractivity contribution in [1.82, 2.24) is 0 Å². The number of nitrogens with zero attached hydrogens (tertiary/aromatic N) is 2. The Balaban J connectivity index is 2.93. The van der Waals surface area contributed by atoms with Crippen LogP contribution in [0.3, 0.4) is 0 Å². The lowest BCUT2D eigenvalue weighted by Crippen LogP contribution is -1.99. The Hall–Kier alpha value is -1.62. The lowest BCUT2D eigenvalue weighted by Gasteiger charge is -2.03. The molecule has 0 fully saturated rings. The zero-order valence-corrected chi connectivity index (χ0v) is 8.78. The Morgan fingerprint density at radius 3 is 2.29 bits per heavy atom. The first kappa shape index (κ1) is 10.5. The lowest BCUT2D eigenvalue weighted by atomic mass is 10.1. The smallest absolute Gasteiger partial charge is 0.0991 e. The summed E-state index contributed by atoms with van der Waals surface area (Å²) in [5, 5.41) is 8.63. The van der Waals surface area contributed by atoms with Gasteiger partial charge in [0.1, 0.15) is 0 Å². The van der Waals surface area contributed by atoms with Crippen molar-refractivity contribution in [2.45, 2.75) is 26.8 Å². The molecule has 0 N–H and O–H groups in total. The van der Waals surface area contributed by atoms with Crippen molar-refractivity contribution in [2.75, 3.05) is 0 Å². The molecule has 1 aromatic carbocycles. The maximum Gasteiger partial charge on any atom is 0.0991 e. The monoisotopic (exact) mass is 186 g/mol. The third kappa shape index (κ3) is 2.70. The molecule has 0 atom stereocenters. The van der Waals surface area contributed by atoms with Crippen LogP contribution in [0.5, 0.6) is 0 Å². The Bertz CT molecular complexity index is 366. The fourth-order valence-electron chi connectivity index (χ4n) is 1.25. The number of rotatable bonds is 2. The van der Waals surface area contributed by atoms with Gasteiger partial charge in [0, 0.05) is 11.8 Å². The molecular weight excluding hydrogens is 172 g/mol. The van der Waals surface area contributed by atoms with Gasteiger partial charge in [-0.2, -0.15) is 5.26 Å². The molecule has 0 spiro atoms. The van der Waals surface area contributed by atoms with Crippen molar-refractivity contribution < 1.29 is 0 Å². The van der Waals surface area contributed by atoms with Crippen molar-refractivity contribution in [3.05, 3.63) is 35.4 Å².